The van der Waals surface area contributed by atoms with Crippen LogP contribution in [0.5, 0.6) is 0 Å². The van der Waals surface area contributed by atoms with E-state index in [9.17, 15) is 0 Å². The summed E-state index contributed by atoms with van der Waals surface area (Å²) in [6, 6.07) is 15.9. The number of benzene rings is 2. The first-order chi connectivity index (χ1) is 8.92. The van der Waals surface area contributed by atoms with Gasteiger partial charge in [0.1, 0.15) is 11.0 Å². The zero-order chi connectivity index (χ0) is 11.9. The Morgan fingerprint density at radius 2 is 1.28 bits per heavy atom. The molecule has 0 bridgehead atoms. The lowest BCUT2D eigenvalue weighted by atomic mass is 10.2. The molecule has 0 atom stereocenters. The van der Waals surface area contributed by atoms with Crippen molar-refractivity contribution in [2.24, 2.45) is 0 Å². The quantitative estimate of drug-likeness (QED) is 0.344. The number of nitrogens with zero attached hydrogens (tertiary/aromatic N) is 3. The minimum atomic E-state index is 0.840. The SMILES string of the molecule is c1ccc2nc3c(cnc4ccccc43)nc2c1. The largest absolute Gasteiger partial charge is 0.254 e. The molecule has 0 amide bonds. The summed E-state index contributed by atoms with van der Waals surface area (Å²) in [4.78, 5) is 13.7. The summed E-state index contributed by atoms with van der Waals surface area (Å²) in [6.45, 7) is 0. The van der Waals surface area contributed by atoms with E-state index < -0.39 is 0 Å². The van der Waals surface area contributed by atoms with E-state index in [2.05, 4.69) is 9.97 Å². The van der Waals surface area contributed by atoms with E-state index in [1.54, 1.807) is 6.20 Å². The summed E-state index contributed by atoms with van der Waals surface area (Å²) in [5.74, 6) is 0. The van der Waals surface area contributed by atoms with Crippen LogP contribution in [0.25, 0.3) is 33.0 Å². The number of hydrogen-bond acceptors (Lipinski definition) is 3. The Morgan fingerprint density at radius 1 is 0.611 bits per heavy atom. The molecular weight excluding hydrogens is 222 g/mol. The normalized spacial score (nSPS) is 11.3. The fraction of sp³-hybridized carbons (Fsp3) is 0. The molecule has 4 rings (SSSR count). The van der Waals surface area contributed by atoms with Crippen molar-refractivity contribution in [2.45, 2.75) is 0 Å². The third-order valence-electron chi connectivity index (χ3n) is 3.08. The van der Waals surface area contributed by atoms with E-state index in [1.165, 1.54) is 0 Å². The predicted octanol–water partition coefficient (Wildman–Crippen LogP) is 3.33. The molecule has 0 aliphatic heterocycles. The zero-order valence-corrected chi connectivity index (χ0v) is 9.54. The summed E-state index contributed by atoms with van der Waals surface area (Å²) in [5, 5.41) is 1.05. The maximum Gasteiger partial charge on any atom is 0.108 e. The number of hydrogen-bond donors (Lipinski definition) is 0. The second kappa shape index (κ2) is 3.47. The Bertz CT molecular complexity index is 878. The Morgan fingerprint density at radius 3 is 2.11 bits per heavy atom. The van der Waals surface area contributed by atoms with Crippen LogP contribution in [-0.4, -0.2) is 15.0 Å². The van der Waals surface area contributed by atoms with Crippen molar-refractivity contribution in [3.05, 3.63) is 54.7 Å². The lowest BCUT2D eigenvalue weighted by molar-refractivity contribution is 1.35. The Hall–Kier alpha value is -2.55. The summed E-state index contributed by atoms with van der Waals surface area (Å²) in [6.07, 6.45) is 1.79. The van der Waals surface area contributed by atoms with Crippen molar-refractivity contribution in [3.63, 3.8) is 0 Å². The highest BCUT2D eigenvalue weighted by molar-refractivity contribution is 6.03. The van der Waals surface area contributed by atoms with Gasteiger partial charge in [-0.1, -0.05) is 30.3 Å². The second-order valence-electron chi connectivity index (χ2n) is 4.22. The van der Waals surface area contributed by atoms with Crippen LogP contribution in [0.3, 0.4) is 0 Å². The lowest BCUT2D eigenvalue weighted by Crippen LogP contribution is -1.90. The average Bonchev–Trinajstić information content (AvgIpc) is 2.45. The van der Waals surface area contributed by atoms with E-state index in [0.29, 0.717) is 0 Å². The van der Waals surface area contributed by atoms with Gasteiger partial charge in [-0.15, -0.1) is 0 Å². The van der Waals surface area contributed by atoms with Crippen LogP contribution in [0, 0.1) is 0 Å². The van der Waals surface area contributed by atoms with Crippen molar-refractivity contribution < 1.29 is 0 Å². The molecule has 3 heteroatoms. The third kappa shape index (κ3) is 1.27. The van der Waals surface area contributed by atoms with Crippen molar-refractivity contribution in [1.29, 1.82) is 0 Å². The van der Waals surface area contributed by atoms with Crippen LogP contribution >= 0.6 is 0 Å². The van der Waals surface area contributed by atoms with E-state index in [-0.39, 0.29) is 0 Å². The van der Waals surface area contributed by atoms with Crippen LogP contribution < -0.4 is 0 Å². The molecule has 2 aromatic heterocycles. The smallest absolute Gasteiger partial charge is 0.108 e. The molecule has 0 unspecified atom stereocenters. The van der Waals surface area contributed by atoms with E-state index in [4.69, 9.17) is 4.98 Å². The molecule has 0 saturated heterocycles. The summed E-state index contributed by atoms with van der Waals surface area (Å²) in [5.41, 5.74) is 4.53. The standard InChI is InChI=1S/C15H9N3/c1-2-6-11-10(5-1)15-14(9-16-11)17-12-7-3-4-8-13(12)18-15/h1-9H. The number of fused-ring (bicyclic) bond motifs is 4. The molecule has 2 heterocycles. The monoisotopic (exact) mass is 231 g/mol. The third-order valence-corrected chi connectivity index (χ3v) is 3.08. The number of aromatic nitrogens is 3. The highest BCUT2D eigenvalue weighted by Gasteiger charge is 2.05. The van der Waals surface area contributed by atoms with Gasteiger partial charge in [-0.2, -0.15) is 0 Å². The van der Waals surface area contributed by atoms with Gasteiger partial charge >= 0.3 is 0 Å². The van der Waals surface area contributed by atoms with Gasteiger partial charge in [-0.3, -0.25) is 4.98 Å². The molecule has 3 nitrogen and oxygen atoms in total. The Labute approximate surface area is 103 Å². The molecule has 0 aliphatic carbocycles. The fourth-order valence-electron chi connectivity index (χ4n) is 2.22. The molecule has 0 saturated carbocycles. The fourth-order valence-corrected chi connectivity index (χ4v) is 2.22. The maximum atomic E-state index is 4.70. The summed E-state index contributed by atoms with van der Waals surface area (Å²) in [7, 11) is 0. The van der Waals surface area contributed by atoms with Crippen LogP contribution in [-0.2, 0) is 0 Å². The van der Waals surface area contributed by atoms with Crippen molar-refractivity contribution in [2.75, 3.05) is 0 Å². The Balaban J connectivity index is 2.27. The first-order valence-corrected chi connectivity index (χ1v) is 5.82. The summed E-state index contributed by atoms with van der Waals surface area (Å²) >= 11 is 0. The van der Waals surface area contributed by atoms with Crippen LogP contribution in [0.1, 0.15) is 0 Å². The van der Waals surface area contributed by atoms with Gasteiger partial charge in [-0.05, 0) is 18.2 Å². The Kier molecular flexibility index (Phi) is 1.83. The van der Waals surface area contributed by atoms with Gasteiger partial charge in [0.25, 0.3) is 0 Å². The van der Waals surface area contributed by atoms with Gasteiger partial charge in [0.05, 0.1) is 22.7 Å². The maximum absolute atomic E-state index is 4.70. The predicted molar refractivity (Wildman–Crippen MR) is 72.3 cm³/mol. The average molecular weight is 231 g/mol. The molecule has 0 N–H and O–H groups in total. The van der Waals surface area contributed by atoms with E-state index in [1.807, 2.05) is 48.5 Å². The molecule has 0 spiro atoms. The minimum absolute atomic E-state index is 0.840. The molecule has 4 aromatic rings. The zero-order valence-electron chi connectivity index (χ0n) is 9.54. The van der Waals surface area contributed by atoms with Crippen molar-refractivity contribution in [3.8, 4) is 0 Å². The highest BCUT2D eigenvalue weighted by atomic mass is 14.8. The molecule has 0 fully saturated rings. The second-order valence-corrected chi connectivity index (χ2v) is 4.22. The van der Waals surface area contributed by atoms with Gasteiger partial charge in [0.15, 0.2) is 0 Å². The number of para-hydroxylation sites is 3. The van der Waals surface area contributed by atoms with E-state index >= 15 is 0 Å². The first-order valence-electron chi connectivity index (χ1n) is 5.82. The summed E-state index contributed by atoms with van der Waals surface area (Å²) < 4.78 is 0. The molecular formula is C15H9N3. The molecule has 0 radical (unpaired) electrons. The minimum Gasteiger partial charge on any atom is -0.254 e. The molecule has 84 valence electrons. The topological polar surface area (TPSA) is 38.7 Å². The van der Waals surface area contributed by atoms with Gasteiger partial charge < -0.3 is 0 Å². The van der Waals surface area contributed by atoms with Crippen LogP contribution in [0.2, 0.25) is 0 Å². The number of rotatable bonds is 0. The van der Waals surface area contributed by atoms with Gasteiger partial charge in [-0.25, -0.2) is 9.97 Å². The molecule has 2 aromatic carbocycles. The lowest BCUT2D eigenvalue weighted by Gasteiger charge is -2.03. The number of pyridine rings is 1. The highest BCUT2D eigenvalue weighted by Crippen LogP contribution is 2.22. The molecule has 18 heavy (non-hydrogen) atoms. The van der Waals surface area contributed by atoms with Gasteiger partial charge in [0.2, 0.25) is 0 Å². The van der Waals surface area contributed by atoms with Crippen molar-refractivity contribution >= 4 is 33.0 Å². The van der Waals surface area contributed by atoms with E-state index in [0.717, 1.165) is 33.0 Å². The van der Waals surface area contributed by atoms with Crippen LogP contribution in [0.4, 0.5) is 0 Å². The van der Waals surface area contributed by atoms with Crippen LogP contribution in [0.15, 0.2) is 54.7 Å². The first kappa shape index (κ1) is 9.48. The van der Waals surface area contributed by atoms with Gasteiger partial charge in [0, 0.05) is 5.39 Å². The van der Waals surface area contributed by atoms with Crippen molar-refractivity contribution in [1.82, 2.24) is 15.0 Å². The molecule has 0 aliphatic rings.